The highest BCUT2D eigenvalue weighted by Gasteiger charge is 2.06. The Morgan fingerprint density at radius 1 is 1.00 bits per heavy atom. The van der Waals surface area contributed by atoms with Gasteiger partial charge in [0.05, 0.1) is 5.69 Å². The number of fused-ring (bicyclic) bond motifs is 1. The number of pyridine rings is 1. The number of para-hydroxylation sites is 1. The van der Waals surface area contributed by atoms with Crippen LogP contribution in [0.15, 0.2) is 48.9 Å². The van der Waals surface area contributed by atoms with Gasteiger partial charge in [0.2, 0.25) is 0 Å². The van der Waals surface area contributed by atoms with Gasteiger partial charge in [0.25, 0.3) is 0 Å². The normalized spacial score (nSPS) is 10.8. The molecule has 3 heteroatoms. The van der Waals surface area contributed by atoms with E-state index in [0.717, 1.165) is 16.9 Å². The van der Waals surface area contributed by atoms with Gasteiger partial charge in [0.1, 0.15) is 11.8 Å². The quantitative estimate of drug-likeness (QED) is 0.617. The molecule has 0 atom stereocenters. The van der Waals surface area contributed by atoms with Crippen LogP contribution < -0.4 is 0 Å². The SMILES string of the molecule is Cc1ccccc1-n1cnc2cccnc21. The lowest BCUT2D eigenvalue weighted by molar-refractivity contribution is 1.05. The van der Waals surface area contributed by atoms with Gasteiger partial charge in [-0.1, -0.05) is 18.2 Å². The van der Waals surface area contributed by atoms with Gasteiger partial charge in [0.15, 0.2) is 5.65 Å². The second-order valence-corrected chi connectivity index (χ2v) is 3.75. The van der Waals surface area contributed by atoms with Gasteiger partial charge in [-0.2, -0.15) is 0 Å². The Hall–Kier alpha value is -2.16. The largest absolute Gasteiger partial charge is 0.283 e. The topological polar surface area (TPSA) is 30.7 Å². The van der Waals surface area contributed by atoms with Crippen molar-refractivity contribution >= 4 is 11.2 Å². The predicted molar refractivity (Wildman–Crippen MR) is 63.6 cm³/mol. The molecular formula is C13H11N3. The van der Waals surface area contributed by atoms with E-state index in [1.165, 1.54) is 5.56 Å². The Bertz CT molecular complexity index is 640. The van der Waals surface area contributed by atoms with Crippen molar-refractivity contribution in [2.24, 2.45) is 0 Å². The molecule has 0 fully saturated rings. The third kappa shape index (κ3) is 1.29. The van der Waals surface area contributed by atoms with E-state index in [9.17, 15) is 0 Å². The van der Waals surface area contributed by atoms with Crippen molar-refractivity contribution < 1.29 is 0 Å². The fourth-order valence-electron chi connectivity index (χ4n) is 1.86. The van der Waals surface area contributed by atoms with Gasteiger partial charge in [-0.25, -0.2) is 9.97 Å². The average Bonchev–Trinajstić information content (AvgIpc) is 2.74. The maximum atomic E-state index is 4.36. The first-order valence-corrected chi connectivity index (χ1v) is 5.20. The van der Waals surface area contributed by atoms with Crippen molar-refractivity contribution in [1.82, 2.24) is 14.5 Å². The number of rotatable bonds is 1. The van der Waals surface area contributed by atoms with Crippen molar-refractivity contribution in [3.05, 3.63) is 54.5 Å². The molecule has 0 aliphatic rings. The van der Waals surface area contributed by atoms with Crippen LogP contribution in [-0.4, -0.2) is 14.5 Å². The molecule has 16 heavy (non-hydrogen) atoms. The molecule has 3 rings (SSSR count). The minimum atomic E-state index is 0.900. The number of aromatic nitrogens is 3. The second kappa shape index (κ2) is 3.45. The molecule has 3 aromatic rings. The molecule has 0 unspecified atom stereocenters. The molecule has 1 aromatic carbocycles. The van der Waals surface area contributed by atoms with Gasteiger partial charge in [-0.05, 0) is 30.7 Å². The van der Waals surface area contributed by atoms with Gasteiger partial charge in [-0.3, -0.25) is 4.57 Å². The molecule has 2 heterocycles. The first-order chi connectivity index (χ1) is 7.86. The standard InChI is InChI=1S/C13H11N3/c1-10-5-2-3-7-12(10)16-9-15-11-6-4-8-14-13(11)16/h2-9H,1H3. The van der Waals surface area contributed by atoms with Crippen LogP contribution in [0.2, 0.25) is 0 Å². The van der Waals surface area contributed by atoms with Gasteiger partial charge in [-0.15, -0.1) is 0 Å². The minimum Gasteiger partial charge on any atom is -0.283 e. The summed E-state index contributed by atoms with van der Waals surface area (Å²) >= 11 is 0. The lowest BCUT2D eigenvalue weighted by Gasteiger charge is -2.06. The van der Waals surface area contributed by atoms with E-state index in [4.69, 9.17) is 0 Å². The molecule has 0 N–H and O–H groups in total. The van der Waals surface area contributed by atoms with Crippen molar-refractivity contribution in [2.45, 2.75) is 6.92 Å². The van der Waals surface area contributed by atoms with Crippen molar-refractivity contribution in [3.63, 3.8) is 0 Å². The molecule has 0 saturated carbocycles. The first kappa shape index (κ1) is 9.09. The van der Waals surface area contributed by atoms with Crippen molar-refractivity contribution in [1.29, 1.82) is 0 Å². The summed E-state index contributed by atoms with van der Waals surface area (Å²) < 4.78 is 2.02. The number of benzene rings is 1. The Balaban J connectivity index is 2.31. The number of aryl methyl sites for hydroxylation is 1. The summed E-state index contributed by atoms with van der Waals surface area (Å²) in [6, 6.07) is 12.1. The van der Waals surface area contributed by atoms with E-state index in [-0.39, 0.29) is 0 Å². The average molecular weight is 209 g/mol. The molecule has 2 aromatic heterocycles. The molecule has 0 spiro atoms. The van der Waals surface area contributed by atoms with Crippen LogP contribution in [0.25, 0.3) is 16.9 Å². The van der Waals surface area contributed by atoms with E-state index < -0.39 is 0 Å². The number of imidazole rings is 1. The summed E-state index contributed by atoms with van der Waals surface area (Å²) in [7, 11) is 0. The molecule has 3 nitrogen and oxygen atoms in total. The molecule has 0 bridgehead atoms. The summed E-state index contributed by atoms with van der Waals surface area (Å²) in [5.74, 6) is 0. The van der Waals surface area contributed by atoms with Gasteiger partial charge < -0.3 is 0 Å². The third-order valence-electron chi connectivity index (χ3n) is 2.68. The highest BCUT2D eigenvalue weighted by atomic mass is 15.1. The van der Waals surface area contributed by atoms with Crippen LogP contribution in [0.1, 0.15) is 5.56 Å². The Kier molecular flexibility index (Phi) is 1.96. The zero-order valence-electron chi connectivity index (χ0n) is 8.96. The summed E-state index contributed by atoms with van der Waals surface area (Å²) in [5.41, 5.74) is 4.17. The van der Waals surface area contributed by atoms with Gasteiger partial charge in [0, 0.05) is 6.20 Å². The summed E-state index contributed by atoms with van der Waals surface area (Å²) in [5, 5.41) is 0. The Labute approximate surface area is 93.4 Å². The minimum absolute atomic E-state index is 0.900. The highest BCUT2D eigenvalue weighted by Crippen LogP contribution is 2.18. The predicted octanol–water partition coefficient (Wildman–Crippen LogP) is 2.73. The molecule has 0 saturated heterocycles. The van der Waals surface area contributed by atoms with Crippen molar-refractivity contribution in [3.8, 4) is 5.69 Å². The van der Waals surface area contributed by atoms with Crippen LogP contribution >= 0.6 is 0 Å². The van der Waals surface area contributed by atoms with E-state index in [2.05, 4.69) is 29.0 Å². The van der Waals surface area contributed by atoms with Crippen LogP contribution in [-0.2, 0) is 0 Å². The zero-order chi connectivity index (χ0) is 11.0. The van der Waals surface area contributed by atoms with Crippen LogP contribution in [0, 0.1) is 6.92 Å². The fourth-order valence-corrected chi connectivity index (χ4v) is 1.86. The third-order valence-corrected chi connectivity index (χ3v) is 2.68. The molecule has 0 aliphatic heterocycles. The maximum absolute atomic E-state index is 4.36. The summed E-state index contributed by atoms with van der Waals surface area (Å²) in [4.78, 5) is 8.70. The smallest absolute Gasteiger partial charge is 0.164 e. The fraction of sp³-hybridized carbons (Fsp3) is 0.0769. The van der Waals surface area contributed by atoms with E-state index in [1.807, 2.05) is 35.2 Å². The zero-order valence-corrected chi connectivity index (χ0v) is 8.96. The highest BCUT2D eigenvalue weighted by molar-refractivity contribution is 5.72. The molecule has 0 amide bonds. The lowest BCUT2D eigenvalue weighted by atomic mass is 10.2. The number of hydrogen-bond acceptors (Lipinski definition) is 2. The molecule has 0 aliphatic carbocycles. The van der Waals surface area contributed by atoms with E-state index in [0.29, 0.717) is 0 Å². The Morgan fingerprint density at radius 3 is 2.75 bits per heavy atom. The molecular weight excluding hydrogens is 198 g/mol. The summed E-state index contributed by atoms with van der Waals surface area (Å²) in [6.07, 6.45) is 3.61. The van der Waals surface area contributed by atoms with Crippen molar-refractivity contribution in [2.75, 3.05) is 0 Å². The van der Waals surface area contributed by atoms with Crippen LogP contribution in [0.4, 0.5) is 0 Å². The number of hydrogen-bond donors (Lipinski definition) is 0. The first-order valence-electron chi connectivity index (χ1n) is 5.20. The maximum Gasteiger partial charge on any atom is 0.164 e. The summed E-state index contributed by atoms with van der Waals surface area (Å²) in [6.45, 7) is 2.09. The Morgan fingerprint density at radius 2 is 1.88 bits per heavy atom. The van der Waals surface area contributed by atoms with Crippen LogP contribution in [0.5, 0.6) is 0 Å². The number of nitrogens with zero attached hydrogens (tertiary/aromatic N) is 3. The van der Waals surface area contributed by atoms with Crippen LogP contribution in [0.3, 0.4) is 0 Å². The monoisotopic (exact) mass is 209 g/mol. The van der Waals surface area contributed by atoms with E-state index in [1.54, 1.807) is 6.20 Å². The molecule has 78 valence electrons. The van der Waals surface area contributed by atoms with E-state index >= 15 is 0 Å². The molecule has 0 radical (unpaired) electrons. The second-order valence-electron chi connectivity index (χ2n) is 3.75. The van der Waals surface area contributed by atoms with Gasteiger partial charge >= 0.3 is 0 Å². The lowest BCUT2D eigenvalue weighted by Crippen LogP contribution is -1.95.